The van der Waals surface area contributed by atoms with E-state index in [0.717, 1.165) is 0 Å². The van der Waals surface area contributed by atoms with E-state index in [1.165, 1.54) is 22.4 Å². The maximum Gasteiger partial charge on any atom is 0.209 e. The molecular formula is C22H19N2+. The minimum absolute atomic E-state index is 0.205. The van der Waals surface area contributed by atoms with Crippen molar-refractivity contribution in [2.24, 2.45) is 4.99 Å². The van der Waals surface area contributed by atoms with Gasteiger partial charge in [0, 0.05) is 16.7 Å². The quantitative estimate of drug-likeness (QED) is 0.716. The molecule has 2 heteroatoms. The number of hydrogen-bond acceptors (Lipinski definition) is 1. The third-order valence-corrected chi connectivity index (χ3v) is 5.16. The van der Waals surface area contributed by atoms with E-state index < -0.39 is 0 Å². The summed E-state index contributed by atoms with van der Waals surface area (Å²) >= 11 is 0. The SMILES string of the molecule is c1ccc(C2=N[C@@H](c3ccccc3)[NH+]3[C@@H]2[C@@H]3c2ccccc2)cc1. The molecule has 116 valence electrons. The van der Waals surface area contributed by atoms with Crippen LogP contribution in [0.2, 0.25) is 0 Å². The van der Waals surface area contributed by atoms with Gasteiger partial charge in [-0.1, -0.05) is 91.0 Å². The Morgan fingerprint density at radius 1 is 0.583 bits per heavy atom. The van der Waals surface area contributed by atoms with Crippen LogP contribution in [0, 0.1) is 0 Å². The van der Waals surface area contributed by atoms with Crippen molar-refractivity contribution in [3.05, 3.63) is 108 Å². The largest absolute Gasteiger partial charge is 0.286 e. The van der Waals surface area contributed by atoms with Crippen LogP contribution in [0.25, 0.3) is 0 Å². The maximum absolute atomic E-state index is 5.11. The second-order valence-corrected chi connectivity index (χ2v) is 6.56. The first-order valence-corrected chi connectivity index (χ1v) is 8.53. The highest BCUT2D eigenvalue weighted by molar-refractivity contribution is 6.06. The summed E-state index contributed by atoms with van der Waals surface area (Å²) < 4.78 is 0. The second-order valence-electron chi connectivity index (χ2n) is 6.56. The monoisotopic (exact) mass is 311 g/mol. The zero-order valence-electron chi connectivity index (χ0n) is 13.3. The van der Waals surface area contributed by atoms with E-state index in [1.54, 1.807) is 4.90 Å². The highest BCUT2D eigenvalue weighted by atomic mass is 15.5. The lowest BCUT2D eigenvalue weighted by molar-refractivity contribution is -0.817. The highest BCUT2D eigenvalue weighted by Crippen LogP contribution is 2.36. The smallest absolute Gasteiger partial charge is 0.209 e. The number of hydrogen-bond donors (Lipinski definition) is 1. The summed E-state index contributed by atoms with van der Waals surface area (Å²) in [5, 5.41) is 0. The molecule has 2 aliphatic rings. The molecule has 1 N–H and O–H groups in total. The molecule has 0 spiro atoms. The van der Waals surface area contributed by atoms with Crippen molar-refractivity contribution in [3.8, 4) is 0 Å². The van der Waals surface area contributed by atoms with E-state index in [0.29, 0.717) is 12.1 Å². The van der Waals surface area contributed by atoms with Crippen LogP contribution in [0.3, 0.4) is 0 Å². The van der Waals surface area contributed by atoms with Gasteiger partial charge in [-0.15, -0.1) is 0 Å². The first-order chi connectivity index (χ1) is 11.9. The zero-order chi connectivity index (χ0) is 15.9. The van der Waals surface area contributed by atoms with Gasteiger partial charge in [-0.05, 0) is 0 Å². The van der Waals surface area contributed by atoms with Crippen molar-refractivity contribution in [1.29, 1.82) is 0 Å². The molecule has 0 saturated carbocycles. The molecule has 3 aromatic carbocycles. The molecule has 1 fully saturated rings. The Morgan fingerprint density at radius 3 is 1.75 bits per heavy atom. The molecule has 0 radical (unpaired) electrons. The van der Waals surface area contributed by atoms with Crippen LogP contribution in [-0.4, -0.2) is 11.8 Å². The number of fused-ring (bicyclic) bond motifs is 1. The lowest BCUT2D eigenvalue weighted by atomic mass is 10.0. The predicted molar refractivity (Wildman–Crippen MR) is 96.1 cm³/mol. The summed E-state index contributed by atoms with van der Waals surface area (Å²) in [4.78, 5) is 6.68. The Balaban J connectivity index is 1.58. The van der Waals surface area contributed by atoms with E-state index in [2.05, 4.69) is 91.0 Å². The van der Waals surface area contributed by atoms with Gasteiger partial charge in [0.25, 0.3) is 0 Å². The molecule has 1 saturated heterocycles. The molecule has 2 heterocycles. The van der Waals surface area contributed by atoms with Gasteiger partial charge in [-0.3, -0.25) is 4.90 Å². The van der Waals surface area contributed by atoms with Crippen LogP contribution in [0.4, 0.5) is 0 Å². The number of benzene rings is 3. The maximum atomic E-state index is 5.11. The Labute approximate surface area is 142 Å². The molecule has 0 aliphatic carbocycles. The van der Waals surface area contributed by atoms with Crippen molar-refractivity contribution < 1.29 is 4.90 Å². The first kappa shape index (κ1) is 13.7. The molecule has 5 rings (SSSR count). The Hall–Kier alpha value is -2.71. The van der Waals surface area contributed by atoms with E-state index in [-0.39, 0.29) is 6.17 Å². The van der Waals surface area contributed by atoms with Crippen LogP contribution < -0.4 is 4.90 Å². The number of nitrogens with one attached hydrogen (secondary N) is 1. The normalized spacial score (nSPS) is 27.4. The summed E-state index contributed by atoms with van der Waals surface area (Å²) in [6.07, 6.45) is 0.205. The van der Waals surface area contributed by atoms with Crippen LogP contribution >= 0.6 is 0 Å². The number of rotatable bonds is 3. The van der Waals surface area contributed by atoms with Crippen LogP contribution in [0.15, 0.2) is 96.0 Å². The Kier molecular flexibility index (Phi) is 3.10. The van der Waals surface area contributed by atoms with E-state index in [9.17, 15) is 0 Å². The molecule has 3 aromatic rings. The molecular weight excluding hydrogens is 292 g/mol. The van der Waals surface area contributed by atoms with E-state index in [4.69, 9.17) is 4.99 Å². The lowest BCUT2D eigenvalue weighted by Crippen LogP contribution is -2.93. The van der Waals surface area contributed by atoms with Crippen LogP contribution in [0.1, 0.15) is 28.9 Å². The van der Waals surface area contributed by atoms with Gasteiger partial charge < -0.3 is 0 Å². The van der Waals surface area contributed by atoms with E-state index >= 15 is 0 Å². The van der Waals surface area contributed by atoms with Gasteiger partial charge in [-0.25, -0.2) is 4.99 Å². The molecule has 2 nitrogen and oxygen atoms in total. The molecule has 0 bridgehead atoms. The number of aliphatic imine (C=N–C) groups is 1. The Bertz CT molecular complexity index is 872. The van der Waals surface area contributed by atoms with E-state index in [1.807, 2.05) is 0 Å². The van der Waals surface area contributed by atoms with Gasteiger partial charge in [-0.2, -0.15) is 0 Å². The van der Waals surface area contributed by atoms with Gasteiger partial charge in [0.2, 0.25) is 6.17 Å². The van der Waals surface area contributed by atoms with Gasteiger partial charge in [0.1, 0.15) is 5.71 Å². The summed E-state index contributed by atoms with van der Waals surface area (Å²) in [6, 6.07) is 33.2. The molecule has 24 heavy (non-hydrogen) atoms. The fourth-order valence-electron chi connectivity index (χ4n) is 4.04. The van der Waals surface area contributed by atoms with Crippen molar-refractivity contribution >= 4 is 5.71 Å². The van der Waals surface area contributed by atoms with Crippen molar-refractivity contribution in [3.63, 3.8) is 0 Å². The Morgan fingerprint density at radius 2 is 1.12 bits per heavy atom. The average Bonchev–Trinajstić information content (AvgIpc) is 3.28. The van der Waals surface area contributed by atoms with Crippen molar-refractivity contribution in [2.45, 2.75) is 18.2 Å². The number of quaternary nitrogens is 1. The van der Waals surface area contributed by atoms with Gasteiger partial charge in [0.05, 0.1) is 0 Å². The summed E-state index contributed by atoms with van der Waals surface area (Å²) in [6.45, 7) is 0. The predicted octanol–water partition coefficient (Wildman–Crippen LogP) is 3.20. The standard InChI is InChI=1S/C22H18N2/c1-4-10-16(11-5-1)19-21-20(17-12-6-2-7-13-17)24(21)22(23-19)18-14-8-3-9-15-18/h1-15,20-22H/p+1/t20-,21-,22+,24?/m0/s1. The molecule has 0 amide bonds. The fraction of sp³-hybridized carbons (Fsp3) is 0.136. The molecule has 0 aromatic heterocycles. The molecule has 2 aliphatic heterocycles. The number of nitrogens with zero attached hydrogens (tertiary/aromatic N) is 1. The third-order valence-electron chi connectivity index (χ3n) is 5.16. The highest BCUT2D eigenvalue weighted by Gasteiger charge is 2.65. The summed E-state index contributed by atoms with van der Waals surface area (Å²) in [5.74, 6) is 0. The average molecular weight is 311 g/mol. The minimum Gasteiger partial charge on any atom is -0.286 e. The first-order valence-electron chi connectivity index (χ1n) is 8.53. The van der Waals surface area contributed by atoms with Crippen LogP contribution in [0.5, 0.6) is 0 Å². The summed E-state index contributed by atoms with van der Waals surface area (Å²) in [7, 11) is 0. The lowest BCUT2D eigenvalue weighted by Gasteiger charge is -2.10. The second kappa shape index (κ2) is 5.43. The van der Waals surface area contributed by atoms with Gasteiger partial charge in [0.15, 0.2) is 12.1 Å². The van der Waals surface area contributed by atoms with Gasteiger partial charge >= 0.3 is 0 Å². The van der Waals surface area contributed by atoms with Crippen molar-refractivity contribution in [2.75, 3.05) is 0 Å². The third kappa shape index (κ3) is 2.11. The summed E-state index contributed by atoms with van der Waals surface area (Å²) in [5.41, 5.74) is 5.24. The topological polar surface area (TPSA) is 16.8 Å². The molecule has 1 unspecified atom stereocenters. The minimum atomic E-state index is 0.205. The zero-order valence-corrected chi connectivity index (χ0v) is 13.3. The molecule has 4 atom stereocenters. The fourth-order valence-corrected chi connectivity index (χ4v) is 4.04. The van der Waals surface area contributed by atoms with Crippen LogP contribution in [-0.2, 0) is 0 Å². The van der Waals surface area contributed by atoms with Crippen molar-refractivity contribution in [1.82, 2.24) is 0 Å².